The maximum atomic E-state index is 11.4. The van der Waals surface area contributed by atoms with Gasteiger partial charge in [-0.05, 0) is 36.6 Å². The Morgan fingerprint density at radius 1 is 1.40 bits per heavy atom. The third-order valence-corrected chi connectivity index (χ3v) is 2.75. The third-order valence-electron chi connectivity index (χ3n) is 2.75. The second-order valence-electron chi connectivity index (χ2n) is 3.93. The van der Waals surface area contributed by atoms with Crippen LogP contribution in [-0.4, -0.2) is 10.9 Å². The molecule has 3 nitrogen and oxygen atoms in total. The van der Waals surface area contributed by atoms with Crippen LogP contribution in [0.2, 0.25) is 0 Å². The van der Waals surface area contributed by atoms with Crippen molar-refractivity contribution in [3.8, 4) is 0 Å². The number of hydrogen-bond acceptors (Lipinski definition) is 2. The van der Waals surface area contributed by atoms with Gasteiger partial charge in [0.25, 0.3) is 0 Å². The van der Waals surface area contributed by atoms with Crippen molar-refractivity contribution in [1.82, 2.24) is 10.3 Å². The van der Waals surface area contributed by atoms with E-state index in [9.17, 15) is 4.79 Å². The van der Waals surface area contributed by atoms with Crippen LogP contribution in [0.3, 0.4) is 0 Å². The van der Waals surface area contributed by atoms with Gasteiger partial charge in [-0.2, -0.15) is 0 Å². The van der Waals surface area contributed by atoms with Gasteiger partial charge in [0.05, 0.1) is 0 Å². The largest absolute Gasteiger partial charge is 0.330 e. The molecule has 1 aliphatic heterocycles. The molecule has 0 spiro atoms. The standard InChI is InChI=1S/C12H14N2O/c1-8-7-11(9(2)14-12(8)15)10-3-5-13-6-4-10/h3-6,8H,7H2,1-2H3,(H,14,15). The van der Waals surface area contributed by atoms with Gasteiger partial charge in [-0.25, -0.2) is 0 Å². The molecule has 1 aromatic rings. The van der Waals surface area contributed by atoms with Crippen LogP contribution in [0.4, 0.5) is 0 Å². The van der Waals surface area contributed by atoms with Gasteiger partial charge in [0, 0.05) is 24.0 Å². The first kappa shape index (κ1) is 9.90. The van der Waals surface area contributed by atoms with E-state index in [1.54, 1.807) is 12.4 Å². The SMILES string of the molecule is CC1=C(c2ccncc2)CC(C)C(=O)N1. The fraction of sp³-hybridized carbons (Fsp3) is 0.333. The third kappa shape index (κ3) is 1.91. The van der Waals surface area contributed by atoms with E-state index in [0.717, 1.165) is 17.7 Å². The van der Waals surface area contributed by atoms with E-state index < -0.39 is 0 Å². The van der Waals surface area contributed by atoms with Crippen molar-refractivity contribution >= 4 is 11.5 Å². The van der Waals surface area contributed by atoms with Crippen molar-refractivity contribution < 1.29 is 4.79 Å². The van der Waals surface area contributed by atoms with Crippen LogP contribution in [0.5, 0.6) is 0 Å². The summed E-state index contributed by atoms with van der Waals surface area (Å²) in [6, 6.07) is 3.95. The molecule has 0 saturated carbocycles. The fourth-order valence-corrected chi connectivity index (χ4v) is 1.82. The van der Waals surface area contributed by atoms with Crippen molar-refractivity contribution in [3.05, 3.63) is 35.8 Å². The molecule has 1 amide bonds. The molecule has 1 atom stereocenters. The summed E-state index contributed by atoms with van der Waals surface area (Å²) >= 11 is 0. The van der Waals surface area contributed by atoms with Crippen molar-refractivity contribution in [1.29, 1.82) is 0 Å². The number of pyridine rings is 1. The molecule has 1 aromatic heterocycles. The summed E-state index contributed by atoms with van der Waals surface area (Å²) in [7, 11) is 0. The summed E-state index contributed by atoms with van der Waals surface area (Å²) in [6.07, 6.45) is 4.36. The van der Waals surface area contributed by atoms with Crippen molar-refractivity contribution in [2.45, 2.75) is 20.3 Å². The quantitative estimate of drug-likeness (QED) is 0.756. The van der Waals surface area contributed by atoms with Gasteiger partial charge in [0.2, 0.25) is 5.91 Å². The molecule has 0 aliphatic carbocycles. The summed E-state index contributed by atoms with van der Waals surface area (Å²) in [5, 5.41) is 2.90. The van der Waals surface area contributed by atoms with Gasteiger partial charge in [-0.15, -0.1) is 0 Å². The highest BCUT2D eigenvalue weighted by molar-refractivity contribution is 5.88. The summed E-state index contributed by atoms with van der Waals surface area (Å²) < 4.78 is 0. The molecule has 2 rings (SSSR count). The van der Waals surface area contributed by atoms with Crippen molar-refractivity contribution in [3.63, 3.8) is 0 Å². The number of amides is 1. The lowest BCUT2D eigenvalue weighted by Crippen LogP contribution is -2.32. The minimum absolute atomic E-state index is 0.0527. The first-order chi connectivity index (χ1) is 7.18. The molecule has 0 aromatic carbocycles. The minimum Gasteiger partial charge on any atom is -0.330 e. The predicted octanol–water partition coefficient (Wildman–Crippen LogP) is 1.97. The molecule has 0 fully saturated rings. The maximum absolute atomic E-state index is 11.4. The summed E-state index contributed by atoms with van der Waals surface area (Å²) in [4.78, 5) is 15.4. The van der Waals surface area contributed by atoms with E-state index in [1.165, 1.54) is 5.57 Å². The Labute approximate surface area is 89.2 Å². The van der Waals surface area contributed by atoms with Crippen molar-refractivity contribution in [2.75, 3.05) is 0 Å². The van der Waals surface area contributed by atoms with Gasteiger partial charge in [-0.3, -0.25) is 9.78 Å². The molecule has 15 heavy (non-hydrogen) atoms. The Morgan fingerprint density at radius 3 is 2.73 bits per heavy atom. The lowest BCUT2D eigenvalue weighted by atomic mass is 9.91. The molecule has 78 valence electrons. The Bertz CT molecular complexity index is 409. The highest BCUT2D eigenvalue weighted by Crippen LogP contribution is 2.28. The molecule has 0 radical (unpaired) electrons. The Balaban J connectivity index is 2.37. The molecule has 0 bridgehead atoms. The number of allylic oxidation sites excluding steroid dienone is 2. The predicted molar refractivity (Wildman–Crippen MR) is 58.8 cm³/mol. The topological polar surface area (TPSA) is 42.0 Å². The molecular formula is C12H14N2O. The second kappa shape index (κ2) is 3.85. The number of rotatable bonds is 1. The van der Waals surface area contributed by atoms with E-state index in [0.29, 0.717) is 0 Å². The average molecular weight is 202 g/mol. The van der Waals surface area contributed by atoms with Crippen LogP contribution < -0.4 is 5.32 Å². The Morgan fingerprint density at radius 2 is 2.07 bits per heavy atom. The van der Waals surface area contributed by atoms with Gasteiger partial charge in [0.1, 0.15) is 0 Å². The smallest absolute Gasteiger partial charge is 0.227 e. The first-order valence-electron chi connectivity index (χ1n) is 5.09. The number of carbonyl (C=O) groups excluding carboxylic acids is 1. The highest BCUT2D eigenvalue weighted by Gasteiger charge is 2.22. The van der Waals surface area contributed by atoms with Crippen LogP contribution in [0.1, 0.15) is 25.8 Å². The normalized spacial score (nSPS) is 21.5. The number of nitrogens with one attached hydrogen (secondary N) is 1. The monoisotopic (exact) mass is 202 g/mol. The highest BCUT2D eigenvalue weighted by atomic mass is 16.1. The van der Waals surface area contributed by atoms with Crippen LogP contribution in [-0.2, 0) is 4.79 Å². The fourth-order valence-electron chi connectivity index (χ4n) is 1.82. The van der Waals surface area contributed by atoms with E-state index in [-0.39, 0.29) is 11.8 Å². The zero-order valence-electron chi connectivity index (χ0n) is 8.95. The minimum atomic E-state index is 0.0527. The van der Waals surface area contributed by atoms with E-state index >= 15 is 0 Å². The number of carbonyl (C=O) groups is 1. The summed E-state index contributed by atoms with van der Waals surface area (Å²) in [5.41, 5.74) is 3.32. The molecule has 1 aliphatic rings. The molecule has 3 heteroatoms. The van der Waals surface area contributed by atoms with Crippen LogP contribution in [0, 0.1) is 5.92 Å². The van der Waals surface area contributed by atoms with E-state index in [2.05, 4.69) is 10.3 Å². The zero-order chi connectivity index (χ0) is 10.8. The van der Waals surface area contributed by atoms with Gasteiger partial charge >= 0.3 is 0 Å². The number of aromatic nitrogens is 1. The van der Waals surface area contributed by atoms with Crippen LogP contribution in [0.15, 0.2) is 30.2 Å². The molecular weight excluding hydrogens is 188 g/mol. The van der Waals surface area contributed by atoms with Crippen molar-refractivity contribution in [2.24, 2.45) is 5.92 Å². The van der Waals surface area contributed by atoms with Gasteiger partial charge < -0.3 is 5.32 Å². The number of nitrogens with zero attached hydrogens (tertiary/aromatic N) is 1. The maximum Gasteiger partial charge on any atom is 0.227 e. The number of hydrogen-bond donors (Lipinski definition) is 1. The summed E-state index contributed by atoms with van der Waals surface area (Å²) in [6.45, 7) is 3.89. The molecule has 1 N–H and O–H groups in total. The second-order valence-corrected chi connectivity index (χ2v) is 3.93. The Hall–Kier alpha value is -1.64. The van der Waals surface area contributed by atoms with E-state index in [1.807, 2.05) is 26.0 Å². The van der Waals surface area contributed by atoms with Gasteiger partial charge in [0.15, 0.2) is 0 Å². The lowest BCUT2D eigenvalue weighted by molar-refractivity contribution is -0.123. The van der Waals surface area contributed by atoms with Crippen LogP contribution >= 0.6 is 0 Å². The molecule has 1 unspecified atom stereocenters. The molecule has 2 heterocycles. The van der Waals surface area contributed by atoms with E-state index in [4.69, 9.17) is 0 Å². The first-order valence-corrected chi connectivity index (χ1v) is 5.09. The lowest BCUT2D eigenvalue weighted by Gasteiger charge is -2.23. The van der Waals surface area contributed by atoms with Crippen LogP contribution in [0.25, 0.3) is 5.57 Å². The zero-order valence-corrected chi connectivity index (χ0v) is 8.95. The summed E-state index contributed by atoms with van der Waals surface area (Å²) in [5.74, 6) is 0.169. The Kier molecular flexibility index (Phi) is 2.54. The molecule has 0 saturated heterocycles. The van der Waals surface area contributed by atoms with Gasteiger partial charge in [-0.1, -0.05) is 6.92 Å². The average Bonchev–Trinajstić information content (AvgIpc) is 2.25.